The van der Waals surface area contributed by atoms with Crippen LogP contribution in [0.15, 0.2) is 24.3 Å². The fraction of sp³-hybridized carbons (Fsp3) is 0.444. The Kier molecular flexibility index (Phi) is 7.68. The molecule has 0 bridgehead atoms. The molecule has 2 rings (SSSR count). The van der Waals surface area contributed by atoms with E-state index in [9.17, 15) is 13.6 Å². The first-order valence-corrected chi connectivity index (χ1v) is 8.51. The number of rotatable bonds is 10. The molecule has 1 amide bonds. The minimum absolute atomic E-state index is 0.0340. The molecule has 0 aliphatic heterocycles. The van der Waals surface area contributed by atoms with Gasteiger partial charge in [0.15, 0.2) is 11.6 Å². The number of hydrogen-bond donors (Lipinski definition) is 2. The highest BCUT2D eigenvalue weighted by atomic mass is 19.2. The van der Waals surface area contributed by atoms with Crippen LogP contribution in [0.25, 0.3) is 5.69 Å². The smallest absolute Gasteiger partial charge is 0.216 e. The van der Waals surface area contributed by atoms with E-state index in [-0.39, 0.29) is 5.91 Å². The predicted octanol–water partition coefficient (Wildman–Crippen LogP) is 2.09. The summed E-state index contributed by atoms with van der Waals surface area (Å²) in [6.45, 7) is 6.38. The van der Waals surface area contributed by atoms with E-state index < -0.39 is 11.6 Å². The van der Waals surface area contributed by atoms with Gasteiger partial charge in [-0.25, -0.2) is 13.5 Å². The van der Waals surface area contributed by atoms with Crippen molar-refractivity contribution in [2.75, 3.05) is 26.2 Å². The summed E-state index contributed by atoms with van der Waals surface area (Å²) in [5.74, 6) is -1.82. The molecule has 0 spiro atoms. The van der Waals surface area contributed by atoms with Crippen LogP contribution in [0, 0.1) is 18.6 Å². The second-order valence-electron chi connectivity index (χ2n) is 5.93. The van der Waals surface area contributed by atoms with Crippen LogP contribution in [0.1, 0.15) is 24.7 Å². The third-order valence-electron chi connectivity index (χ3n) is 3.65. The van der Waals surface area contributed by atoms with E-state index in [0.29, 0.717) is 25.4 Å². The average molecular weight is 366 g/mol. The summed E-state index contributed by atoms with van der Waals surface area (Å²) in [5, 5.41) is 10.3. The van der Waals surface area contributed by atoms with Gasteiger partial charge >= 0.3 is 0 Å². The molecular formula is C18H24F2N4O2. The second-order valence-corrected chi connectivity index (χ2v) is 5.93. The number of carbonyl (C=O) groups excluding carboxylic acids is 1. The molecule has 0 unspecified atom stereocenters. The van der Waals surface area contributed by atoms with Gasteiger partial charge in [-0.2, -0.15) is 5.10 Å². The number of benzene rings is 1. The molecule has 8 heteroatoms. The number of nitrogens with one attached hydrogen (secondary N) is 2. The molecule has 26 heavy (non-hydrogen) atoms. The zero-order valence-electron chi connectivity index (χ0n) is 15.0. The van der Waals surface area contributed by atoms with Crippen molar-refractivity contribution in [3.05, 3.63) is 47.3 Å². The van der Waals surface area contributed by atoms with Crippen LogP contribution < -0.4 is 10.6 Å². The number of nitrogens with zero attached hydrogens (tertiary/aromatic N) is 2. The van der Waals surface area contributed by atoms with E-state index in [1.165, 1.54) is 13.0 Å². The summed E-state index contributed by atoms with van der Waals surface area (Å²) in [6, 6.07) is 5.54. The number of carbonyl (C=O) groups is 1. The Bertz CT molecular complexity index is 734. The van der Waals surface area contributed by atoms with Gasteiger partial charge in [0.1, 0.15) is 0 Å². The molecule has 0 atom stereocenters. The van der Waals surface area contributed by atoms with Crippen molar-refractivity contribution in [1.29, 1.82) is 0 Å². The zero-order valence-corrected chi connectivity index (χ0v) is 15.0. The number of hydrogen-bond acceptors (Lipinski definition) is 4. The predicted molar refractivity (Wildman–Crippen MR) is 94.0 cm³/mol. The van der Waals surface area contributed by atoms with Gasteiger partial charge in [0.25, 0.3) is 0 Å². The van der Waals surface area contributed by atoms with Crippen LogP contribution in [0.5, 0.6) is 0 Å². The number of halogens is 2. The first kappa shape index (κ1) is 20.0. The third-order valence-corrected chi connectivity index (χ3v) is 3.65. The second kappa shape index (κ2) is 9.98. The summed E-state index contributed by atoms with van der Waals surface area (Å²) >= 11 is 0. The van der Waals surface area contributed by atoms with Crippen molar-refractivity contribution in [1.82, 2.24) is 20.4 Å². The minimum Gasteiger partial charge on any atom is -0.375 e. The molecule has 2 N–H and O–H groups in total. The van der Waals surface area contributed by atoms with Crippen molar-refractivity contribution >= 4 is 5.91 Å². The number of aryl methyl sites for hydroxylation is 1. The third kappa shape index (κ3) is 6.20. The number of ether oxygens (including phenoxy) is 1. The maximum absolute atomic E-state index is 13.4. The molecule has 0 saturated heterocycles. The van der Waals surface area contributed by atoms with Gasteiger partial charge in [-0.05, 0) is 38.1 Å². The molecule has 1 heterocycles. The zero-order chi connectivity index (χ0) is 18.9. The summed E-state index contributed by atoms with van der Waals surface area (Å²) < 4.78 is 33.6. The fourth-order valence-corrected chi connectivity index (χ4v) is 2.42. The molecule has 142 valence electrons. The van der Waals surface area contributed by atoms with Crippen molar-refractivity contribution in [2.24, 2.45) is 0 Å². The number of aromatic nitrogens is 2. The van der Waals surface area contributed by atoms with E-state index in [1.807, 2.05) is 13.0 Å². The standard InChI is InChI=1S/C18H24F2N4O2/c1-13-10-15(12-26-9-3-6-21-7-8-22-14(2)25)23-24(13)16-4-5-17(19)18(20)11-16/h4-5,10-11,21H,3,6-9,12H2,1-2H3,(H,22,25). The van der Waals surface area contributed by atoms with E-state index in [2.05, 4.69) is 15.7 Å². The van der Waals surface area contributed by atoms with Gasteiger partial charge in [0.2, 0.25) is 5.91 Å². The largest absolute Gasteiger partial charge is 0.375 e. The van der Waals surface area contributed by atoms with Crippen LogP contribution in [-0.4, -0.2) is 41.9 Å². The SMILES string of the molecule is CC(=O)NCCNCCCOCc1cc(C)n(-c2ccc(F)c(F)c2)n1. The molecule has 0 aliphatic rings. The Balaban J connectivity index is 1.71. The van der Waals surface area contributed by atoms with E-state index in [4.69, 9.17) is 4.74 Å². The average Bonchev–Trinajstić information content (AvgIpc) is 2.96. The van der Waals surface area contributed by atoms with Gasteiger partial charge in [-0.1, -0.05) is 0 Å². The lowest BCUT2D eigenvalue weighted by Gasteiger charge is -2.06. The van der Waals surface area contributed by atoms with E-state index in [1.54, 1.807) is 4.68 Å². The molecule has 0 radical (unpaired) electrons. The van der Waals surface area contributed by atoms with Gasteiger partial charge in [-0.15, -0.1) is 0 Å². The quantitative estimate of drug-likeness (QED) is 0.632. The molecule has 2 aromatic rings. The monoisotopic (exact) mass is 366 g/mol. The summed E-state index contributed by atoms with van der Waals surface area (Å²) in [4.78, 5) is 10.7. The Morgan fingerprint density at radius 2 is 2.00 bits per heavy atom. The Morgan fingerprint density at radius 3 is 2.73 bits per heavy atom. The van der Waals surface area contributed by atoms with Gasteiger partial charge in [0, 0.05) is 38.4 Å². The normalized spacial score (nSPS) is 10.9. The summed E-state index contributed by atoms with van der Waals surface area (Å²) in [6.07, 6.45) is 0.836. The van der Waals surface area contributed by atoms with E-state index in [0.717, 1.165) is 43.0 Å². The highest BCUT2D eigenvalue weighted by Gasteiger charge is 2.09. The highest BCUT2D eigenvalue weighted by Crippen LogP contribution is 2.16. The fourth-order valence-electron chi connectivity index (χ4n) is 2.42. The summed E-state index contributed by atoms with van der Waals surface area (Å²) in [7, 11) is 0. The van der Waals surface area contributed by atoms with Crippen LogP contribution in [0.3, 0.4) is 0 Å². The van der Waals surface area contributed by atoms with Crippen LogP contribution in [0.4, 0.5) is 8.78 Å². The van der Waals surface area contributed by atoms with Gasteiger partial charge in [0.05, 0.1) is 18.0 Å². The van der Waals surface area contributed by atoms with Crippen molar-refractivity contribution in [3.8, 4) is 5.69 Å². The Labute approximate surface area is 151 Å². The Morgan fingerprint density at radius 1 is 1.19 bits per heavy atom. The first-order valence-electron chi connectivity index (χ1n) is 8.51. The van der Waals surface area contributed by atoms with Crippen LogP contribution >= 0.6 is 0 Å². The maximum Gasteiger partial charge on any atom is 0.216 e. The molecule has 0 fully saturated rings. The van der Waals surface area contributed by atoms with Crippen molar-refractivity contribution in [3.63, 3.8) is 0 Å². The lowest BCUT2D eigenvalue weighted by Crippen LogP contribution is -2.30. The lowest BCUT2D eigenvalue weighted by molar-refractivity contribution is -0.118. The molecule has 1 aromatic heterocycles. The molecule has 1 aromatic carbocycles. The first-order chi connectivity index (χ1) is 12.5. The lowest BCUT2D eigenvalue weighted by atomic mass is 10.3. The van der Waals surface area contributed by atoms with E-state index >= 15 is 0 Å². The minimum atomic E-state index is -0.902. The summed E-state index contributed by atoms with van der Waals surface area (Å²) in [5.41, 5.74) is 2.01. The highest BCUT2D eigenvalue weighted by molar-refractivity contribution is 5.72. The van der Waals surface area contributed by atoms with Crippen molar-refractivity contribution < 1.29 is 18.3 Å². The van der Waals surface area contributed by atoms with Crippen molar-refractivity contribution in [2.45, 2.75) is 26.9 Å². The molecule has 0 saturated carbocycles. The van der Waals surface area contributed by atoms with Crippen LogP contribution in [-0.2, 0) is 16.1 Å². The maximum atomic E-state index is 13.4. The topological polar surface area (TPSA) is 68.2 Å². The molecule has 6 nitrogen and oxygen atoms in total. The van der Waals surface area contributed by atoms with Gasteiger partial charge < -0.3 is 15.4 Å². The van der Waals surface area contributed by atoms with Gasteiger partial charge in [-0.3, -0.25) is 4.79 Å². The van der Waals surface area contributed by atoms with Crippen LogP contribution in [0.2, 0.25) is 0 Å². The molecular weight excluding hydrogens is 342 g/mol. The molecule has 0 aliphatic carbocycles. The Hall–Kier alpha value is -2.32. The number of amides is 1.